The topological polar surface area (TPSA) is 64.0 Å². The van der Waals surface area contributed by atoms with Gasteiger partial charge in [-0.15, -0.1) is 0 Å². The number of hydrogen-bond donors (Lipinski definition) is 1. The molecule has 0 fully saturated rings. The Kier molecular flexibility index (Phi) is 4.38. The molecule has 102 valence electrons. The minimum atomic E-state index is -3.51. The predicted octanol–water partition coefficient (Wildman–Crippen LogP) is 2.14. The van der Waals surface area contributed by atoms with Gasteiger partial charge in [-0.05, 0) is 24.6 Å². The summed E-state index contributed by atoms with van der Waals surface area (Å²) in [4.78, 5) is 0.185. The number of rotatable bonds is 5. The lowest BCUT2D eigenvalue weighted by atomic mass is 10.2. The minimum absolute atomic E-state index is 0.185. The van der Waals surface area contributed by atoms with Crippen molar-refractivity contribution in [2.75, 3.05) is 0 Å². The van der Waals surface area contributed by atoms with E-state index in [2.05, 4.69) is 25.8 Å². The van der Waals surface area contributed by atoms with E-state index in [4.69, 9.17) is 0 Å². The molecule has 0 saturated heterocycles. The van der Waals surface area contributed by atoms with Gasteiger partial charge < -0.3 is 0 Å². The van der Waals surface area contributed by atoms with Crippen molar-refractivity contribution in [1.29, 1.82) is 0 Å². The highest BCUT2D eigenvalue weighted by molar-refractivity contribution is 9.10. The molecule has 0 bridgehead atoms. The molecule has 0 atom stereocenters. The van der Waals surface area contributed by atoms with E-state index in [1.807, 2.05) is 31.2 Å². The van der Waals surface area contributed by atoms with Crippen molar-refractivity contribution in [2.24, 2.45) is 0 Å². The van der Waals surface area contributed by atoms with Gasteiger partial charge in [-0.25, -0.2) is 13.1 Å². The average Bonchev–Trinajstić information content (AvgIpc) is 2.86. The lowest BCUT2D eigenvalue weighted by Crippen LogP contribution is -2.22. The van der Waals surface area contributed by atoms with Crippen molar-refractivity contribution in [3.63, 3.8) is 0 Å². The van der Waals surface area contributed by atoms with Crippen LogP contribution in [0.2, 0.25) is 0 Å². The van der Waals surface area contributed by atoms with Gasteiger partial charge in [-0.2, -0.15) is 5.10 Å². The number of aryl methyl sites for hydroxylation is 1. The van der Waals surface area contributed by atoms with Gasteiger partial charge in [-0.1, -0.05) is 28.1 Å². The summed E-state index contributed by atoms with van der Waals surface area (Å²) >= 11 is 3.35. The van der Waals surface area contributed by atoms with E-state index >= 15 is 0 Å². The summed E-state index contributed by atoms with van der Waals surface area (Å²) in [5.41, 5.74) is 0.890. The molecule has 2 aromatic rings. The summed E-state index contributed by atoms with van der Waals surface area (Å²) in [6, 6.07) is 7.49. The van der Waals surface area contributed by atoms with Gasteiger partial charge in [0.15, 0.2) is 0 Å². The zero-order chi connectivity index (χ0) is 13.9. The summed E-state index contributed by atoms with van der Waals surface area (Å²) in [5, 5.41) is 3.96. The van der Waals surface area contributed by atoms with Crippen LogP contribution in [0.25, 0.3) is 0 Å². The van der Waals surface area contributed by atoms with Gasteiger partial charge in [0.2, 0.25) is 10.0 Å². The monoisotopic (exact) mass is 343 g/mol. The first-order chi connectivity index (χ1) is 9.01. The first-order valence-corrected chi connectivity index (χ1v) is 8.05. The highest BCUT2D eigenvalue weighted by Crippen LogP contribution is 2.13. The number of benzene rings is 1. The lowest BCUT2D eigenvalue weighted by Gasteiger charge is -2.05. The maximum atomic E-state index is 12.0. The van der Waals surface area contributed by atoms with E-state index in [-0.39, 0.29) is 11.4 Å². The lowest BCUT2D eigenvalue weighted by molar-refractivity contribution is 0.580. The smallest absolute Gasteiger partial charge is 0.243 e. The van der Waals surface area contributed by atoms with Crippen LogP contribution < -0.4 is 4.72 Å². The number of halogens is 1. The Bertz CT molecular complexity index is 667. The predicted molar refractivity (Wildman–Crippen MR) is 76.1 cm³/mol. The molecule has 1 heterocycles. The van der Waals surface area contributed by atoms with Gasteiger partial charge in [0.25, 0.3) is 0 Å². The normalized spacial score (nSPS) is 11.7. The van der Waals surface area contributed by atoms with Crippen molar-refractivity contribution >= 4 is 26.0 Å². The van der Waals surface area contributed by atoms with Gasteiger partial charge in [-0.3, -0.25) is 4.68 Å². The number of nitrogens with zero attached hydrogens (tertiary/aromatic N) is 2. The fourth-order valence-electron chi connectivity index (χ4n) is 1.56. The van der Waals surface area contributed by atoms with Crippen LogP contribution in [0, 0.1) is 0 Å². The first kappa shape index (κ1) is 14.2. The Labute approximate surface area is 120 Å². The van der Waals surface area contributed by atoms with Crippen molar-refractivity contribution in [3.8, 4) is 0 Å². The van der Waals surface area contributed by atoms with Crippen molar-refractivity contribution in [3.05, 3.63) is 46.7 Å². The molecule has 0 aliphatic rings. The van der Waals surface area contributed by atoms with Crippen LogP contribution in [0.15, 0.2) is 46.0 Å². The summed E-state index contributed by atoms with van der Waals surface area (Å²) in [7, 11) is -3.51. The van der Waals surface area contributed by atoms with E-state index in [1.165, 1.54) is 12.4 Å². The Morgan fingerprint density at radius 2 is 2.21 bits per heavy atom. The Hall–Kier alpha value is -1.18. The van der Waals surface area contributed by atoms with Crippen molar-refractivity contribution < 1.29 is 8.42 Å². The molecule has 0 spiro atoms. The van der Waals surface area contributed by atoms with Gasteiger partial charge in [0.05, 0.1) is 6.20 Å². The number of nitrogens with one attached hydrogen (secondary N) is 1. The molecular weight excluding hydrogens is 330 g/mol. The quantitative estimate of drug-likeness (QED) is 0.904. The summed E-state index contributed by atoms with van der Waals surface area (Å²) < 4.78 is 29.1. The molecule has 19 heavy (non-hydrogen) atoms. The van der Waals surface area contributed by atoms with Crippen LogP contribution >= 0.6 is 15.9 Å². The Morgan fingerprint density at radius 3 is 2.84 bits per heavy atom. The molecule has 1 N–H and O–H groups in total. The molecule has 0 aliphatic carbocycles. The van der Waals surface area contributed by atoms with Crippen LogP contribution in [0.5, 0.6) is 0 Å². The van der Waals surface area contributed by atoms with Crippen molar-refractivity contribution in [1.82, 2.24) is 14.5 Å². The average molecular weight is 344 g/mol. The molecule has 1 aromatic carbocycles. The van der Waals surface area contributed by atoms with E-state index in [9.17, 15) is 8.42 Å². The fourth-order valence-corrected chi connectivity index (χ4v) is 2.98. The molecule has 1 aromatic heterocycles. The fraction of sp³-hybridized carbons (Fsp3) is 0.250. The highest BCUT2D eigenvalue weighted by atomic mass is 79.9. The van der Waals surface area contributed by atoms with Gasteiger partial charge >= 0.3 is 0 Å². The number of aromatic nitrogens is 2. The minimum Gasteiger partial charge on any atom is -0.272 e. The Balaban J connectivity index is 2.09. The van der Waals surface area contributed by atoms with Crippen LogP contribution in [0.3, 0.4) is 0 Å². The second-order valence-corrected chi connectivity index (χ2v) is 6.67. The molecule has 2 rings (SSSR count). The largest absolute Gasteiger partial charge is 0.272 e. The van der Waals surface area contributed by atoms with E-state index in [1.54, 1.807) is 4.68 Å². The number of hydrogen-bond acceptors (Lipinski definition) is 3. The molecular formula is C12H14BrN3O2S. The maximum Gasteiger partial charge on any atom is 0.243 e. The summed E-state index contributed by atoms with van der Waals surface area (Å²) in [6.45, 7) is 2.79. The molecule has 0 aliphatic heterocycles. The molecule has 0 radical (unpaired) electrons. The third kappa shape index (κ3) is 3.65. The Morgan fingerprint density at radius 1 is 1.42 bits per heavy atom. The molecule has 5 nitrogen and oxygen atoms in total. The van der Waals surface area contributed by atoms with Crippen molar-refractivity contribution in [2.45, 2.75) is 24.9 Å². The SMILES string of the molecule is CCn1cc(S(=O)(=O)NCc2cccc(Br)c2)cn1. The second kappa shape index (κ2) is 5.85. The third-order valence-corrected chi connectivity index (χ3v) is 4.45. The summed E-state index contributed by atoms with van der Waals surface area (Å²) in [5.74, 6) is 0. The zero-order valence-corrected chi connectivity index (χ0v) is 12.8. The molecule has 0 unspecified atom stereocenters. The number of sulfonamides is 1. The van der Waals surface area contributed by atoms with Crippen LogP contribution in [-0.2, 0) is 23.1 Å². The van der Waals surface area contributed by atoms with Gasteiger partial charge in [0, 0.05) is 23.8 Å². The molecule has 0 amide bonds. The standard InChI is InChI=1S/C12H14BrN3O2S/c1-2-16-9-12(8-14-16)19(17,18)15-7-10-4-3-5-11(13)6-10/h3-6,8-9,15H,2,7H2,1H3. The summed E-state index contributed by atoms with van der Waals surface area (Å²) in [6.07, 6.45) is 2.87. The first-order valence-electron chi connectivity index (χ1n) is 5.78. The van der Waals surface area contributed by atoms with E-state index in [0.29, 0.717) is 6.54 Å². The maximum absolute atomic E-state index is 12.0. The van der Waals surface area contributed by atoms with E-state index < -0.39 is 10.0 Å². The highest BCUT2D eigenvalue weighted by Gasteiger charge is 2.15. The van der Waals surface area contributed by atoms with E-state index in [0.717, 1.165) is 10.0 Å². The molecule has 0 saturated carbocycles. The molecule has 7 heteroatoms. The third-order valence-electron chi connectivity index (χ3n) is 2.60. The zero-order valence-electron chi connectivity index (χ0n) is 10.4. The second-order valence-electron chi connectivity index (χ2n) is 3.99. The van der Waals surface area contributed by atoms with Gasteiger partial charge in [0.1, 0.15) is 4.90 Å². The van der Waals surface area contributed by atoms with Crippen LogP contribution in [-0.4, -0.2) is 18.2 Å². The van der Waals surface area contributed by atoms with Crippen LogP contribution in [0.4, 0.5) is 0 Å². The van der Waals surface area contributed by atoms with Crippen LogP contribution in [0.1, 0.15) is 12.5 Å².